The molecule has 6 heteroatoms. The maximum absolute atomic E-state index is 13.7. The number of fused-ring (bicyclic) bond motifs is 1. The predicted molar refractivity (Wildman–Crippen MR) is 129 cm³/mol. The third kappa shape index (κ3) is 5.05. The molecule has 30 heavy (non-hydrogen) atoms. The van der Waals surface area contributed by atoms with Gasteiger partial charge in [-0.05, 0) is 57.1 Å². The van der Waals surface area contributed by atoms with E-state index in [0.29, 0.717) is 23.5 Å². The van der Waals surface area contributed by atoms with Crippen LogP contribution in [0.1, 0.15) is 36.6 Å². The quantitative estimate of drug-likeness (QED) is 0.370. The summed E-state index contributed by atoms with van der Waals surface area (Å²) in [6, 6.07) is 15.0. The van der Waals surface area contributed by atoms with Crippen LogP contribution in [0, 0.1) is 13.8 Å². The standard InChI is InChI=1S/C24H29BrN2O2S/c1-5-6-13-26(16-20(4)25)17-22-15-21-14-19(3)9-12-24(21)27(22)30(28,29)23-10-7-18(2)8-11-23/h7-12,14-15H,4-6,13,16-17H2,1-3H3. The first-order chi connectivity index (χ1) is 14.2. The Kier molecular flexibility index (Phi) is 7.22. The summed E-state index contributed by atoms with van der Waals surface area (Å²) in [4.78, 5) is 2.54. The van der Waals surface area contributed by atoms with Crippen molar-refractivity contribution >= 4 is 36.9 Å². The maximum atomic E-state index is 13.7. The summed E-state index contributed by atoms with van der Waals surface area (Å²) >= 11 is 3.46. The lowest BCUT2D eigenvalue weighted by molar-refractivity contribution is 0.284. The van der Waals surface area contributed by atoms with E-state index in [1.165, 1.54) is 3.97 Å². The van der Waals surface area contributed by atoms with E-state index in [4.69, 9.17) is 0 Å². The summed E-state index contributed by atoms with van der Waals surface area (Å²) in [5, 5.41) is 0.939. The molecule has 0 aliphatic carbocycles. The van der Waals surface area contributed by atoms with Crippen molar-refractivity contribution in [2.45, 2.75) is 45.1 Å². The molecule has 3 aromatic rings. The highest BCUT2D eigenvalue weighted by Gasteiger charge is 2.24. The topological polar surface area (TPSA) is 42.3 Å². The Bertz CT molecular complexity index is 1150. The zero-order valence-corrected chi connectivity index (χ0v) is 20.3. The molecule has 0 N–H and O–H groups in total. The van der Waals surface area contributed by atoms with E-state index in [9.17, 15) is 8.42 Å². The Morgan fingerprint density at radius 1 is 1.07 bits per heavy atom. The fourth-order valence-corrected chi connectivity index (χ4v) is 5.53. The molecular formula is C24H29BrN2O2S. The van der Waals surface area contributed by atoms with Gasteiger partial charge >= 0.3 is 0 Å². The van der Waals surface area contributed by atoms with Gasteiger partial charge in [-0.25, -0.2) is 12.4 Å². The van der Waals surface area contributed by atoms with Gasteiger partial charge in [0.15, 0.2) is 0 Å². The molecule has 3 rings (SSSR count). The molecule has 0 radical (unpaired) electrons. The largest absolute Gasteiger partial charge is 0.293 e. The first-order valence-corrected chi connectivity index (χ1v) is 12.4. The predicted octanol–water partition coefficient (Wildman–Crippen LogP) is 6.01. The summed E-state index contributed by atoms with van der Waals surface area (Å²) in [5.74, 6) is 0. The lowest BCUT2D eigenvalue weighted by atomic mass is 10.2. The van der Waals surface area contributed by atoms with Gasteiger partial charge < -0.3 is 0 Å². The van der Waals surface area contributed by atoms with Crippen molar-refractivity contribution in [2.24, 2.45) is 0 Å². The highest BCUT2D eigenvalue weighted by molar-refractivity contribution is 9.11. The number of rotatable bonds is 9. The van der Waals surface area contributed by atoms with Crippen LogP contribution in [-0.4, -0.2) is 30.4 Å². The lowest BCUT2D eigenvalue weighted by Crippen LogP contribution is -2.28. The number of nitrogens with zero attached hydrogens (tertiary/aromatic N) is 2. The second kappa shape index (κ2) is 9.50. The fraction of sp³-hybridized carbons (Fsp3) is 0.333. The molecule has 4 nitrogen and oxygen atoms in total. The van der Waals surface area contributed by atoms with Crippen molar-refractivity contribution in [3.05, 3.63) is 76.4 Å². The zero-order chi connectivity index (χ0) is 21.9. The van der Waals surface area contributed by atoms with Crippen LogP contribution in [0.25, 0.3) is 10.9 Å². The van der Waals surface area contributed by atoms with Gasteiger partial charge in [-0.15, -0.1) is 0 Å². The number of aromatic nitrogens is 1. The molecular weight excluding hydrogens is 460 g/mol. The number of unbranched alkanes of at least 4 members (excludes halogenated alkanes) is 1. The number of aryl methyl sites for hydroxylation is 2. The Morgan fingerprint density at radius 3 is 2.37 bits per heavy atom. The molecule has 160 valence electrons. The van der Waals surface area contributed by atoms with E-state index in [0.717, 1.165) is 46.1 Å². The number of halogens is 1. The fourth-order valence-electron chi connectivity index (χ4n) is 3.64. The van der Waals surface area contributed by atoms with Crippen molar-refractivity contribution in [1.29, 1.82) is 0 Å². The second-order valence-corrected chi connectivity index (χ2v) is 10.8. The van der Waals surface area contributed by atoms with Crippen molar-refractivity contribution in [3.8, 4) is 0 Å². The summed E-state index contributed by atoms with van der Waals surface area (Å²) in [6.45, 7) is 12.2. The summed E-state index contributed by atoms with van der Waals surface area (Å²) in [7, 11) is -3.72. The Balaban J connectivity index is 2.14. The minimum Gasteiger partial charge on any atom is -0.293 e. The molecule has 0 aliphatic rings. The van der Waals surface area contributed by atoms with E-state index >= 15 is 0 Å². The van der Waals surface area contributed by atoms with Gasteiger partial charge in [-0.3, -0.25) is 4.90 Å². The Hall–Kier alpha value is -1.89. The van der Waals surface area contributed by atoms with Crippen LogP contribution < -0.4 is 0 Å². The van der Waals surface area contributed by atoms with E-state index < -0.39 is 10.0 Å². The monoisotopic (exact) mass is 488 g/mol. The molecule has 0 bridgehead atoms. The summed E-state index contributed by atoms with van der Waals surface area (Å²) < 4.78 is 29.7. The van der Waals surface area contributed by atoms with Gasteiger partial charge in [0.2, 0.25) is 0 Å². The summed E-state index contributed by atoms with van der Waals surface area (Å²) in [6.07, 6.45) is 2.12. The van der Waals surface area contributed by atoms with Crippen LogP contribution in [0.3, 0.4) is 0 Å². The van der Waals surface area contributed by atoms with Crippen LogP contribution in [0.5, 0.6) is 0 Å². The highest BCUT2D eigenvalue weighted by atomic mass is 79.9. The van der Waals surface area contributed by atoms with E-state index in [1.54, 1.807) is 12.1 Å². The van der Waals surface area contributed by atoms with E-state index in [-0.39, 0.29) is 0 Å². The summed E-state index contributed by atoms with van der Waals surface area (Å²) in [5.41, 5.74) is 3.62. The van der Waals surface area contributed by atoms with Crippen LogP contribution in [-0.2, 0) is 16.6 Å². The second-order valence-electron chi connectivity index (χ2n) is 7.86. The SMILES string of the molecule is C=C(Br)CN(CCCC)Cc1cc2cc(C)ccc2n1S(=O)(=O)c1ccc(C)cc1. The van der Waals surface area contributed by atoms with E-state index in [1.807, 2.05) is 50.2 Å². The Labute approximate surface area is 188 Å². The lowest BCUT2D eigenvalue weighted by Gasteiger charge is -2.23. The Morgan fingerprint density at radius 2 is 1.73 bits per heavy atom. The third-order valence-electron chi connectivity index (χ3n) is 5.15. The van der Waals surface area contributed by atoms with Crippen LogP contribution in [0.15, 0.2) is 64.5 Å². The zero-order valence-electron chi connectivity index (χ0n) is 17.9. The van der Waals surface area contributed by atoms with Gasteiger partial charge in [0.05, 0.1) is 10.4 Å². The molecule has 0 spiro atoms. The molecule has 0 saturated heterocycles. The molecule has 1 heterocycles. The first kappa shape index (κ1) is 22.8. The smallest absolute Gasteiger partial charge is 0.268 e. The van der Waals surface area contributed by atoms with Crippen molar-refractivity contribution in [3.63, 3.8) is 0 Å². The van der Waals surface area contributed by atoms with Crippen LogP contribution in [0.2, 0.25) is 0 Å². The molecule has 0 fully saturated rings. The molecule has 2 aromatic carbocycles. The molecule has 0 atom stereocenters. The number of hydrogen-bond acceptors (Lipinski definition) is 3. The van der Waals surface area contributed by atoms with Gasteiger partial charge in [0, 0.05) is 28.7 Å². The third-order valence-corrected chi connectivity index (χ3v) is 7.18. The number of benzene rings is 2. The van der Waals surface area contributed by atoms with E-state index in [2.05, 4.69) is 34.3 Å². The first-order valence-electron chi connectivity index (χ1n) is 10.2. The number of hydrogen-bond donors (Lipinski definition) is 0. The minimum atomic E-state index is -3.72. The normalized spacial score (nSPS) is 12.0. The molecule has 0 unspecified atom stereocenters. The van der Waals surface area contributed by atoms with Crippen LogP contribution in [0.4, 0.5) is 0 Å². The van der Waals surface area contributed by atoms with Crippen molar-refractivity contribution < 1.29 is 8.42 Å². The van der Waals surface area contributed by atoms with Gasteiger partial charge in [-0.1, -0.05) is 65.2 Å². The average molecular weight is 489 g/mol. The van der Waals surface area contributed by atoms with Crippen molar-refractivity contribution in [2.75, 3.05) is 13.1 Å². The van der Waals surface area contributed by atoms with Gasteiger partial charge in [0.1, 0.15) is 0 Å². The minimum absolute atomic E-state index is 0.303. The van der Waals surface area contributed by atoms with Crippen molar-refractivity contribution in [1.82, 2.24) is 8.87 Å². The highest BCUT2D eigenvalue weighted by Crippen LogP contribution is 2.28. The molecule has 0 amide bonds. The van der Waals surface area contributed by atoms with Gasteiger partial charge in [0.25, 0.3) is 10.0 Å². The average Bonchev–Trinajstić information content (AvgIpc) is 3.03. The molecule has 0 saturated carbocycles. The maximum Gasteiger partial charge on any atom is 0.268 e. The molecule has 1 aromatic heterocycles. The van der Waals surface area contributed by atoms with Gasteiger partial charge in [-0.2, -0.15) is 0 Å². The van der Waals surface area contributed by atoms with Crippen LogP contribution >= 0.6 is 15.9 Å². The molecule has 0 aliphatic heterocycles.